The Kier molecular flexibility index (Phi) is 22.9. The quantitative estimate of drug-likeness (QED) is 0.0675. The molecule has 0 unspecified atom stereocenters. The minimum Gasteiger partial charge on any atom is -0.460 e. The molecule has 1 N–H and O–H groups in total. The minimum absolute atomic E-state index is 0.0397. The highest BCUT2D eigenvalue weighted by Gasteiger charge is 2.22. The Hall–Kier alpha value is -1.66. The monoisotopic (exact) mass is 496 g/mol. The molecule has 0 aromatic carbocycles. The van der Waals surface area contributed by atoms with E-state index in [2.05, 4.69) is 13.2 Å². The van der Waals surface area contributed by atoms with Crippen LogP contribution in [0, 0.1) is 0 Å². The summed E-state index contributed by atoms with van der Waals surface area (Å²) in [5.41, 5.74) is 0. The molecule has 0 saturated carbocycles. The van der Waals surface area contributed by atoms with Gasteiger partial charge < -0.3 is 19.1 Å². The van der Waals surface area contributed by atoms with Gasteiger partial charge in [-0.3, -0.25) is 9.59 Å². The van der Waals surface area contributed by atoms with E-state index in [0.29, 0.717) is 50.2 Å². The Bertz CT molecular complexity index is 507. The van der Waals surface area contributed by atoms with Gasteiger partial charge in [0, 0.05) is 12.8 Å². The van der Waals surface area contributed by atoms with Gasteiger partial charge in [-0.25, -0.2) is 0 Å². The van der Waals surface area contributed by atoms with Gasteiger partial charge >= 0.3 is 11.9 Å². The summed E-state index contributed by atoms with van der Waals surface area (Å²) < 4.78 is 11.3. The molecule has 0 aliphatic carbocycles. The van der Waals surface area contributed by atoms with Gasteiger partial charge in [0.05, 0.1) is 13.7 Å². The fraction of sp³-hybridized carbons (Fsp3) is 0.793. The lowest BCUT2D eigenvalue weighted by molar-refractivity contribution is -0.910. The summed E-state index contributed by atoms with van der Waals surface area (Å²) >= 11 is 0. The largest absolute Gasteiger partial charge is 0.460 e. The highest BCUT2D eigenvalue weighted by molar-refractivity contribution is 5.69. The number of carbonyl (C=O) groups is 2. The van der Waals surface area contributed by atoms with Crippen molar-refractivity contribution in [2.45, 2.75) is 103 Å². The second-order valence-electron chi connectivity index (χ2n) is 9.85. The fourth-order valence-electron chi connectivity index (χ4n) is 4.01. The molecule has 6 nitrogen and oxygen atoms in total. The number of carbonyl (C=O) groups excluding carboxylic acids is 2. The molecular weight excluding hydrogens is 442 g/mol. The molecule has 0 spiro atoms. The van der Waals surface area contributed by atoms with E-state index in [1.807, 2.05) is 19.2 Å². The first-order valence-corrected chi connectivity index (χ1v) is 13.9. The van der Waals surface area contributed by atoms with Crippen LogP contribution in [0.2, 0.25) is 0 Å². The maximum absolute atomic E-state index is 12.0. The maximum atomic E-state index is 12.0. The number of aliphatic hydroxyl groups excluding tert-OH is 1. The average Bonchev–Trinajstić information content (AvgIpc) is 2.82. The van der Waals surface area contributed by atoms with Crippen LogP contribution in [-0.2, 0) is 19.1 Å². The number of hydrogen-bond acceptors (Lipinski definition) is 5. The molecule has 35 heavy (non-hydrogen) atoms. The Balaban J connectivity index is 3.88. The lowest BCUT2D eigenvalue weighted by Gasteiger charge is -2.33. The summed E-state index contributed by atoms with van der Waals surface area (Å²) in [4.78, 5) is 24.0. The molecule has 0 saturated heterocycles. The number of hydrogen-bond donors (Lipinski definition) is 1. The van der Waals surface area contributed by atoms with Crippen molar-refractivity contribution in [2.24, 2.45) is 0 Å². The topological polar surface area (TPSA) is 72.8 Å². The lowest BCUT2D eigenvalue weighted by atomic mass is 10.1. The van der Waals surface area contributed by atoms with Gasteiger partial charge in [0.15, 0.2) is 0 Å². The maximum Gasteiger partial charge on any atom is 0.305 e. The van der Waals surface area contributed by atoms with Crippen molar-refractivity contribution in [1.29, 1.82) is 0 Å². The minimum atomic E-state index is -0.153. The Morgan fingerprint density at radius 3 is 1.40 bits per heavy atom. The van der Waals surface area contributed by atoms with E-state index in [4.69, 9.17) is 9.47 Å². The van der Waals surface area contributed by atoms with Crippen molar-refractivity contribution < 1.29 is 28.7 Å². The summed E-state index contributed by atoms with van der Waals surface area (Å²) in [6, 6.07) is 0. The van der Waals surface area contributed by atoms with E-state index in [-0.39, 0.29) is 18.5 Å². The molecule has 0 atom stereocenters. The van der Waals surface area contributed by atoms with Crippen LogP contribution in [0.25, 0.3) is 0 Å². The van der Waals surface area contributed by atoms with Crippen molar-refractivity contribution in [2.75, 3.05) is 46.5 Å². The van der Waals surface area contributed by atoms with Crippen LogP contribution in [0.3, 0.4) is 0 Å². The van der Waals surface area contributed by atoms with Gasteiger partial charge in [-0.05, 0) is 38.5 Å². The smallest absolute Gasteiger partial charge is 0.305 e. The molecule has 0 heterocycles. The summed E-state index contributed by atoms with van der Waals surface area (Å²) in [6.45, 7) is 9.87. The number of quaternary nitrogens is 1. The van der Waals surface area contributed by atoms with Crippen molar-refractivity contribution in [3.05, 3.63) is 25.3 Å². The van der Waals surface area contributed by atoms with Crippen LogP contribution < -0.4 is 0 Å². The van der Waals surface area contributed by atoms with Crippen LogP contribution in [0.5, 0.6) is 0 Å². The van der Waals surface area contributed by atoms with Crippen molar-refractivity contribution in [3.63, 3.8) is 0 Å². The third-order valence-electron chi connectivity index (χ3n) is 6.51. The molecule has 0 aromatic heterocycles. The third kappa shape index (κ3) is 22.5. The molecule has 0 radical (unpaired) electrons. The van der Waals surface area contributed by atoms with Crippen LogP contribution >= 0.6 is 0 Å². The molecule has 0 bridgehead atoms. The predicted octanol–water partition coefficient (Wildman–Crippen LogP) is 6.13. The summed E-state index contributed by atoms with van der Waals surface area (Å²) in [5, 5.41) is 9.45. The first-order valence-electron chi connectivity index (χ1n) is 13.9. The van der Waals surface area contributed by atoms with E-state index in [1.54, 1.807) is 0 Å². The van der Waals surface area contributed by atoms with Gasteiger partial charge in [0.25, 0.3) is 0 Å². The molecule has 0 aliphatic heterocycles. The standard InChI is InChI=1S/C29H54NO5/c1-4-6-8-10-12-14-16-18-20-28(32)34-26-23-30(3,22-25-31)24-27-35-29(33)21-19-17-15-13-11-9-7-5-2/h4-5,31H,1-2,6-27H2,3H3/q+1. The number of rotatable bonds is 26. The van der Waals surface area contributed by atoms with Crippen molar-refractivity contribution >= 4 is 11.9 Å². The molecule has 204 valence electrons. The second kappa shape index (κ2) is 24.1. The summed E-state index contributed by atoms with van der Waals surface area (Å²) in [5.74, 6) is -0.307. The average molecular weight is 497 g/mol. The molecule has 0 amide bonds. The predicted molar refractivity (Wildman–Crippen MR) is 144 cm³/mol. The number of ether oxygens (including phenoxy) is 2. The van der Waals surface area contributed by atoms with Gasteiger partial charge in [-0.2, -0.15) is 0 Å². The van der Waals surface area contributed by atoms with Gasteiger partial charge in [-0.15, -0.1) is 13.2 Å². The fourth-order valence-corrected chi connectivity index (χ4v) is 4.01. The van der Waals surface area contributed by atoms with E-state index in [0.717, 1.165) is 51.4 Å². The van der Waals surface area contributed by atoms with E-state index in [9.17, 15) is 14.7 Å². The van der Waals surface area contributed by atoms with Gasteiger partial charge in [0.2, 0.25) is 0 Å². The van der Waals surface area contributed by atoms with Gasteiger partial charge in [0.1, 0.15) is 32.8 Å². The number of aliphatic hydroxyl groups is 1. The zero-order valence-electron chi connectivity index (χ0n) is 22.7. The molecule has 0 aliphatic rings. The Morgan fingerprint density at radius 2 is 1.03 bits per heavy atom. The number of unbranched alkanes of at least 4 members (excludes halogenated alkanes) is 12. The zero-order chi connectivity index (χ0) is 26.0. The van der Waals surface area contributed by atoms with Crippen molar-refractivity contribution in [1.82, 2.24) is 0 Å². The first kappa shape index (κ1) is 33.3. The summed E-state index contributed by atoms with van der Waals surface area (Å²) in [6.07, 6.45) is 20.5. The molecule has 0 rings (SSSR count). The normalized spacial score (nSPS) is 11.3. The lowest BCUT2D eigenvalue weighted by Crippen LogP contribution is -2.50. The number of allylic oxidation sites excluding steroid dienone is 2. The van der Waals surface area contributed by atoms with Crippen LogP contribution in [0.4, 0.5) is 0 Å². The van der Waals surface area contributed by atoms with Gasteiger partial charge in [-0.1, -0.05) is 63.5 Å². The highest BCUT2D eigenvalue weighted by Crippen LogP contribution is 2.11. The van der Waals surface area contributed by atoms with Crippen molar-refractivity contribution in [3.8, 4) is 0 Å². The van der Waals surface area contributed by atoms with Crippen LogP contribution in [-0.4, -0.2) is 68.0 Å². The van der Waals surface area contributed by atoms with Crippen LogP contribution in [0.15, 0.2) is 25.3 Å². The SMILES string of the molecule is C=CCCCCCCCCC(=O)OCC[N+](C)(CCO)CCOC(=O)CCCCCCCCC=C. The molecule has 0 aromatic rings. The number of likely N-dealkylation sites (N-methyl/N-ethyl adjacent to an activating group) is 1. The van der Waals surface area contributed by atoms with E-state index >= 15 is 0 Å². The highest BCUT2D eigenvalue weighted by atomic mass is 16.5. The first-order chi connectivity index (χ1) is 17.0. The molecular formula is C29H54NO5+. The molecule has 0 fully saturated rings. The number of esters is 2. The van der Waals surface area contributed by atoms with E-state index < -0.39 is 0 Å². The van der Waals surface area contributed by atoms with E-state index in [1.165, 1.54) is 38.5 Å². The second-order valence-corrected chi connectivity index (χ2v) is 9.85. The Morgan fingerprint density at radius 1 is 0.657 bits per heavy atom. The molecule has 6 heteroatoms. The number of nitrogens with zero attached hydrogens (tertiary/aromatic N) is 1. The Labute approximate surface area is 215 Å². The summed E-state index contributed by atoms with van der Waals surface area (Å²) in [7, 11) is 2.00. The van der Waals surface area contributed by atoms with Crippen LogP contribution in [0.1, 0.15) is 103 Å². The zero-order valence-corrected chi connectivity index (χ0v) is 22.7. The third-order valence-corrected chi connectivity index (χ3v) is 6.51.